The summed E-state index contributed by atoms with van der Waals surface area (Å²) in [5, 5.41) is 2.60. The van der Waals surface area contributed by atoms with Gasteiger partial charge in [0.25, 0.3) is 5.91 Å². The van der Waals surface area contributed by atoms with Crippen molar-refractivity contribution in [2.24, 2.45) is 5.41 Å². The molecule has 1 unspecified atom stereocenters. The average molecular weight is 377 g/mol. The van der Waals surface area contributed by atoms with Gasteiger partial charge in [0, 0.05) is 19.2 Å². The second-order valence-corrected chi connectivity index (χ2v) is 7.41. The number of likely N-dealkylation sites (N-methyl/N-ethyl adjacent to an activating group) is 1. The molecule has 1 atom stereocenters. The van der Waals surface area contributed by atoms with E-state index >= 15 is 0 Å². The van der Waals surface area contributed by atoms with Crippen LogP contribution in [0.1, 0.15) is 61.3 Å². The molecule has 1 rings (SSSR count). The van der Waals surface area contributed by atoms with Crippen molar-refractivity contribution in [2.45, 2.75) is 67.3 Å². The zero-order valence-corrected chi connectivity index (χ0v) is 18.2. The number of likely N-dealkylation sites (tertiary alicyclic amines) is 1. The lowest BCUT2D eigenvalue weighted by Crippen LogP contribution is -2.44. The van der Waals surface area contributed by atoms with Crippen molar-refractivity contribution in [3.8, 4) is 0 Å². The molecule has 0 bridgehead atoms. The Labute approximate surface area is 164 Å². The summed E-state index contributed by atoms with van der Waals surface area (Å²) >= 11 is 0. The van der Waals surface area contributed by atoms with E-state index in [0.29, 0.717) is 12.1 Å². The van der Waals surface area contributed by atoms with Crippen molar-refractivity contribution in [3.63, 3.8) is 0 Å². The van der Waals surface area contributed by atoms with Crippen molar-refractivity contribution in [1.82, 2.24) is 10.2 Å². The Hall–Kier alpha value is -2.17. The maximum atomic E-state index is 12.8. The number of carbonyl (C=O) groups excluding carboxylic acids is 3. The molecule has 0 aromatic carbocycles. The molecule has 0 aromatic heterocycles. The minimum absolute atomic E-state index is 0.00647. The van der Waals surface area contributed by atoms with Gasteiger partial charge in [-0.15, -0.1) is 0 Å². The van der Waals surface area contributed by atoms with Crippen LogP contribution in [0.5, 0.6) is 0 Å². The van der Waals surface area contributed by atoms with Gasteiger partial charge >= 0.3 is 0 Å². The van der Waals surface area contributed by atoms with Crippen LogP contribution in [-0.2, 0) is 14.4 Å². The number of hydrogen-bond acceptors (Lipinski definition) is 3. The molecule has 2 amide bonds. The molecular formula is C22H36N2O3. The fraction of sp³-hybridized carbons (Fsp3) is 0.591. The summed E-state index contributed by atoms with van der Waals surface area (Å²) < 4.78 is 0. The Bertz CT molecular complexity index is 642. The number of carbonyl (C=O) groups is 3. The van der Waals surface area contributed by atoms with E-state index in [1.165, 1.54) is 18.1 Å². The molecule has 1 N–H and O–H groups in total. The number of nitrogens with one attached hydrogen (secondary N) is 1. The summed E-state index contributed by atoms with van der Waals surface area (Å²) in [6.07, 6.45) is 4.69. The van der Waals surface area contributed by atoms with E-state index in [0.717, 1.165) is 24.7 Å². The third-order valence-electron chi connectivity index (χ3n) is 5.22. The SMILES string of the molecule is C=C1CN(C(C)C(=O)NC)C(=O)/C1=C/C(=C(\C)CC)C(C)(C)CC.CC=O. The molecule has 0 saturated carbocycles. The zero-order valence-electron chi connectivity index (χ0n) is 18.2. The molecule has 0 aliphatic carbocycles. The standard InChI is InChI=1S/C20H32N2O2.C2H4O/c1-9-13(3)17(20(6,7)10-2)11-16-14(4)12-22(19(16)24)15(5)18(23)21-8;1-2-3/h11,15H,4,9-10,12H2,1-3,5-8H3,(H,21,23);2H,1H3/b16-11+,17-13-;. The molecule has 0 spiro atoms. The van der Waals surface area contributed by atoms with Gasteiger partial charge in [0.1, 0.15) is 12.3 Å². The lowest BCUT2D eigenvalue weighted by atomic mass is 9.77. The third kappa shape index (κ3) is 6.19. The number of allylic oxidation sites excluding steroid dienone is 3. The van der Waals surface area contributed by atoms with E-state index in [1.54, 1.807) is 18.9 Å². The summed E-state index contributed by atoms with van der Waals surface area (Å²) in [5.74, 6) is -0.267. The van der Waals surface area contributed by atoms with Crippen LogP contribution in [-0.4, -0.2) is 42.6 Å². The fourth-order valence-corrected chi connectivity index (χ4v) is 2.92. The van der Waals surface area contributed by atoms with Crippen LogP contribution >= 0.6 is 0 Å². The van der Waals surface area contributed by atoms with Crippen LogP contribution in [0.4, 0.5) is 0 Å². The number of amides is 2. The summed E-state index contributed by atoms with van der Waals surface area (Å²) in [6.45, 7) is 18.5. The highest BCUT2D eigenvalue weighted by Gasteiger charge is 2.36. The minimum atomic E-state index is -0.496. The first kappa shape index (κ1) is 24.8. The summed E-state index contributed by atoms with van der Waals surface area (Å²) in [6, 6.07) is -0.496. The predicted octanol–water partition coefficient (Wildman–Crippen LogP) is 3.81. The number of nitrogens with zero attached hydrogens (tertiary/aromatic N) is 1. The van der Waals surface area contributed by atoms with Crippen LogP contribution < -0.4 is 5.32 Å². The van der Waals surface area contributed by atoms with Crippen LogP contribution in [0.3, 0.4) is 0 Å². The first-order chi connectivity index (χ1) is 12.5. The Morgan fingerprint density at radius 1 is 1.37 bits per heavy atom. The van der Waals surface area contributed by atoms with Gasteiger partial charge in [-0.05, 0) is 56.3 Å². The Morgan fingerprint density at radius 2 is 1.89 bits per heavy atom. The summed E-state index contributed by atoms with van der Waals surface area (Å²) in [4.78, 5) is 35.1. The van der Waals surface area contributed by atoms with Gasteiger partial charge in [0.05, 0.1) is 0 Å². The quantitative estimate of drug-likeness (QED) is 0.566. The maximum Gasteiger partial charge on any atom is 0.255 e. The second kappa shape index (κ2) is 10.9. The van der Waals surface area contributed by atoms with Gasteiger partial charge in [-0.25, -0.2) is 0 Å². The first-order valence-electron chi connectivity index (χ1n) is 9.54. The number of rotatable bonds is 6. The minimum Gasteiger partial charge on any atom is -0.357 e. The van der Waals surface area contributed by atoms with Gasteiger partial charge in [-0.2, -0.15) is 0 Å². The topological polar surface area (TPSA) is 66.5 Å². The average Bonchev–Trinajstić information content (AvgIpc) is 2.92. The van der Waals surface area contributed by atoms with E-state index in [1.807, 2.05) is 6.08 Å². The monoisotopic (exact) mass is 376 g/mol. The molecule has 0 aromatic rings. The molecule has 152 valence electrons. The molecule has 0 radical (unpaired) electrons. The van der Waals surface area contributed by atoms with Crippen LogP contribution in [0, 0.1) is 5.41 Å². The number of hydrogen-bond donors (Lipinski definition) is 1. The smallest absolute Gasteiger partial charge is 0.255 e. The normalized spacial score (nSPS) is 17.9. The van der Waals surface area contributed by atoms with Crippen molar-refractivity contribution in [3.05, 3.63) is 34.9 Å². The maximum absolute atomic E-state index is 12.8. The summed E-state index contributed by atoms with van der Waals surface area (Å²) in [7, 11) is 1.58. The Morgan fingerprint density at radius 3 is 2.30 bits per heavy atom. The largest absolute Gasteiger partial charge is 0.357 e. The van der Waals surface area contributed by atoms with Gasteiger partial charge in [0.2, 0.25) is 5.91 Å². The van der Waals surface area contributed by atoms with E-state index in [4.69, 9.17) is 4.79 Å². The lowest BCUT2D eigenvalue weighted by Gasteiger charge is -2.27. The van der Waals surface area contributed by atoms with Gasteiger partial charge in [-0.1, -0.05) is 39.8 Å². The van der Waals surface area contributed by atoms with Crippen molar-refractivity contribution < 1.29 is 14.4 Å². The first-order valence-corrected chi connectivity index (χ1v) is 9.54. The van der Waals surface area contributed by atoms with E-state index in [2.05, 4.69) is 46.5 Å². The van der Waals surface area contributed by atoms with Crippen LogP contribution in [0.2, 0.25) is 0 Å². The zero-order chi connectivity index (χ0) is 21.4. The molecule has 5 nitrogen and oxygen atoms in total. The molecule has 27 heavy (non-hydrogen) atoms. The van der Waals surface area contributed by atoms with E-state index in [-0.39, 0.29) is 17.2 Å². The van der Waals surface area contributed by atoms with Crippen molar-refractivity contribution in [1.29, 1.82) is 0 Å². The third-order valence-corrected chi connectivity index (χ3v) is 5.22. The van der Waals surface area contributed by atoms with Gasteiger partial charge in [-0.3, -0.25) is 9.59 Å². The highest BCUT2D eigenvalue weighted by Crippen LogP contribution is 2.37. The van der Waals surface area contributed by atoms with Crippen LogP contribution in [0.15, 0.2) is 34.9 Å². The molecule has 1 fully saturated rings. The Kier molecular flexibility index (Phi) is 9.98. The van der Waals surface area contributed by atoms with Crippen molar-refractivity contribution in [2.75, 3.05) is 13.6 Å². The van der Waals surface area contributed by atoms with Crippen molar-refractivity contribution >= 4 is 18.1 Å². The van der Waals surface area contributed by atoms with E-state index in [9.17, 15) is 9.59 Å². The second-order valence-electron chi connectivity index (χ2n) is 7.41. The van der Waals surface area contributed by atoms with Gasteiger partial charge in [0.15, 0.2) is 0 Å². The highest BCUT2D eigenvalue weighted by molar-refractivity contribution is 6.03. The highest BCUT2D eigenvalue weighted by atomic mass is 16.2. The number of aldehydes is 1. The van der Waals surface area contributed by atoms with E-state index < -0.39 is 6.04 Å². The molecule has 1 aliphatic rings. The summed E-state index contributed by atoms with van der Waals surface area (Å²) in [5.41, 5.74) is 3.89. The molecule has 1 aliphatic heterocycles. The lowest BCUT2D eigenvalue weighted by molar-refractivity contribution is -0.134. The molecular weight excluding hydrogens is 340 g/mol. The predicted molar refractivity (Wildman–Crippen MR) is 111 cm³/mol. The van der Waals surface area contributed by atoms with Gasteiger partial charge < -0.3 is 15.0 Å². The fourth-order valence-electron chi connectivity index (χ4n) is 2.92. The molecule has 5 heteroatoms. The molecule has 1 heterocycles. The Balaban J connectivity index is 0.00000210. The molecule has 1 saturated heterocycles. The van der Waals surface area contributed by atoms with Crippen LogP contribution in [0.25, 0.3) is 0 Å².